The number of benzene rings is 1. The van der Waals surface area contributed by atoms with E-state index in [1.165, 1.54) is 25.5 Å². The van der Waals surface area contributed by atoms with Crippen molar-refractivity contribution < 1.29 is 4.39 Å². The van der Waals surface area contributed by atoms with Crippen molar-refractivity contribution in [3.05, 3.63) is 35.6 Å². The zero-order valence-corrected chi connectivity index (χ0v) is 13.5. The first kappa shape index (κ1) is 16.4. The Hall–Kier alpha value is -0.970. The largest absolute Gasteiger partial charge is 0.313 e. The van der Waals surface area contributed by atoms with Crippen molar-refractivity contribution in [2.75, 3.05) is 40.8 Å². The molecule has 4 heteroatoms. The smallest absolute Gasteiger partial charge is 0.123 e. The van der Waals surface area contributed by atoms with Crippen LogP contribution in [-0.2, 0) is 0 Å². The molecule has 3 nitrogen and oxygen atoms in total. The number of halogens is 1. The number of nitrogens with one attached hydrogen (secondary N) is 1. The molecule has 0 spiro atoms. The maximum absolute atomic E-state index is 13.3. The second-order valence-electron chi connectivity index (χ2n) is 6.22. The molecule has 1 aromatic carbocycles. The Labute approximate surface area is 128 Å². The number of nitrogens with zero attached hydrogens (tertiary/aromatic N) is 2. The summed E-state index contributed by atoms with van der Waals surface area (Å²) in [5.41, 5.74) is 1.03. The fourth-order valence-corrected chi connectivity index (χ4v) is 3.21. The summed E-state index contributed by atoms with van der Waals surface area (Å²) < 4.78 is 13.3. The van der Waals surface area contributed by atoms with E-state index in [1.54, 1.807) is 12.1 Å². The van der Waals surface area contributed by atoms with E-state index in [0.29, 0.717) is 6.04 Å². The molecule has 1 aromatic rings. The van der Waals surface area contributed by atoms with Crippen molar-refractivity contribution in [3.63, 3.8) is 0 Å². The molecular weight excluding hydrogens is 265 g/mol. The Balaban J connectivity index is 1.82. The topological polar surface area (TPSA) is 18.5 Å². The van der Waals surface area contributed by atoms with Gasteiger partial charge in [0.25, 0.3) is 0 Å². The molecule has 2 rings (SSSR count). The summed E-state index contributed by atoms with van der Waals surface area (Å²) in [5, 5.41) is 3.30. The van der Waals surface area contributed by atoms with Gasteiger partial charge >= 0.3 is 0 Å². The average Bonchev–Trinajstić information content (AvgIpc) is 2.85. The van der Waals surface area contributed by atoms with Crippen LogP contribution in [0.1, 0.15) is 30.9 Å². The van der Waals surface area contributed by atoms with E-state index >= 15 is 0 Å². The van der Waals surface area contributed by atoms with E-state index in [4.69, 9.17) is 0 Å². The first-order valence-electron chi connectivity index (χ1n) is 7.91. The summed E-state index contributed by atoms with van der Waals surface area (Å²) >= 11 is 0. The van der Waals surface area contributed by atoms with Crippen molar-refractivity contribution in [2.24, 2.45) is 0 Å². The molecule has 2 unspecified atom stereocenters. The Kier molecular flexibility index (Phi) is 6.15. The highest BCUT2D eigenvalue weighted by atomic mass is 19.1. The van der Waals surface area contributed by atoms with Crippen LogP contribution in [-0.4, -0.2) is 56.6 Å². The number of likely N-dealkylation sites (N-methyl/N-ethyl adjacent to an activating group) is 2. The van der Waals surface area contributed by atoms with Gasteiger partial charge in [0, 0.05) is 18.6 Å². The van der Waals surface area contributed by atoms with Gasteiger partial charge in [-0.1, -0.05) is 12.1 Å². The second kappa shape index (κ2) is 7.87. The molecule has 1 fully saturated rings. The van der Waals surface area contributed by atoms with E-state index in [9.17, 15) is 4.39 Å². The quantitative estimate of drug-likeness (QED) is 0.833. The van der Waals surface area contributed by atoms with Crippen molar-refractivity contribution in [1.29, 1.82) is 0 Å². The second-order valence-corrected chi connectivity index (χ2v) is 6.22. The number of likely N-dealkylation sites (tertiary alicyclic amines) is 1. The van der Waals surface area contributed by atoms with Crippen LogP contribution in [0.2, 0.25) is 0 Å². The predicted octanol–water partition coefficient (Wildman–Crippen LogP) is 2.50. The van der Waals surface area contributed by atoms with Crippen molar-refractivity contribution in [1.82, 2.24) is 15.1 Å². The first-order valence-corrected chi connectivity index (χ1v) is 7.91. The van der Waals surface area contributed by atoms with Crippen LogP contribution < -0.4 is 5.32 Å². The van der Waals surface area contributed by atoms with E-state index in [0.717, 1.165) is 25.1 Å². The molecule has 0 aromatic heterocycles. The Bertz CT molecular complexity index is 438. The van der Waals surface area contributed by atoms with Crippen LogP contribution >= 0.6 is 0 Å². The molecule has 1 N–H and O–H groups in total. The number of hydrogen-bond acceptors (Lipinski definition) is 3. The molecule has 0 saturated carbocycles. The van der Waals surface area contributed by atoms with Gasteiger partial charge in [0.15, 0.2) is 0 Å². The Morgan fingerprint density at radius 1 is 1.48 bits per heavy atom. The number of hydrogen-bond donors (Lipinski definition) is 1. The average molecular weight is 293 g/mol. The predicted molar refractivity (Wildman–Crippen MR) is 86.0 cm³/mol. The molecule has 2 atom stereocenters. The zero-order chi connectivity index (χ0) is 15.2. The molecule has 0 radical (unpaired) electrons. The van der Waals surface area contributed by atoms with Gasteiger partial charge in [0.05, 0.1) is 0 Å². The van der Waals surface area contributed by atoms with Gasteiger partial charge in [0.2, 0.25) is 0 Å². The van der Waals surface area contributed by atoms with E-state index in [2.05, 4.69) is 29.2 Å². The van der Waals surface area contributed by atoms with Crippen LogP contribution in [0, 0.1) is 5.82 Å². The molecule has 0 aliphatic carbocycles. The molecule has 1 saturated heterocycles. The third kappa shape index (κ3) is 4.77. The third-order valence-electron chi connectivity index (χ3n) is 4.59. The highest BCUT2D eigenvalue weighted by Crippen LogP contribution is 2.19. The van der Waals surface area contributed by atoms with E-state index < -0.39 is 0 Å². The van der Waals surface area contributed by atoms with Crippen molar-refractivity contribution in [3.8, 4) is 0 Å². The van der Waals surface area contributed by atoms with E-state index in [1.807, 2.05) is 13.1 Å². The lowest BCUT2D eigenvalue weighted by Gasteiger charge is -2.27. The van der Waals surface area contributed by atoms with Gasteiger partial charge < -0.3 is 15.1 Å². The molecule has 0 bridgehead atoms. The summed E-state index contributed by atoms with van der Waals surface area (Å²) in [6.45, 7) is 3.36. The minimum atomic E-state index is -0.159. The summed E-state index contributed by atoms with van der Waals surface area (Å²) in [5.74, 6) is -0.159. The lowest BCUT2D eigenvalue weighted by molar-refractivity contribution is 0.214. The van der Waals surface area contributed by atoms with Gasteiger partial charge in [-0.05, 0) is 71.2 Å². The van der Waals surface area contributed by atoms with Gasteiger partial charge in [-0.2, -0.15) is 0 Å². The third-order valence-corrected chi connectivity index (χ3v) is 4.59. The normalized spacial score (nSPS) is 21.1. The standard InChI is InChI=1S/C17H28FN3/c1-19-17(14-6-4-7-15(18)12-14)9-11-20(2)13-16-8-5-10-21(16)3/h4,6-7,12,16-17,19H,5,8-11,13H2,1-3H3. The highest BCUT2D eigenvalue weighted by molar-refractivity contribution is 5.20. The highest BCUT2D eigenvalue weighted by Gasteiger charge is 2.22. The van der Waals surface area contributed by atoms with Gasteiger partial charge in [0.1, 0.15) is 5.82 Å². The summed E-state index contributed by atoms with van der Waals surface area (Å²) in [4.78, 5) is 4.86. The minimum absolute atomic E-state index is 0.159. The van der Waals surface area contributed by atoms with Crippen molar-refractivity contribution >= 4 is 0 Å². The Morgan fingerprint density at radius 2 is 2.29 bits per heavy atom. The Morgan fingerprint density at radius 3 is 2.90 bits per heavy atom. The molecular formula is C17H28FN3. The number of rotatable bonds is 7. The van der Waals surface area contributed by atoms with Crippen LogP contribution in [0.15, 0.2) is 24.3 Å². The van der Waals surface area contributed by atoms with Crippen LogP contribution in [0.25, 0.3) is 0 Å². The maximum atomic E-state index is 13.3. The molecule has 0 amide bonds. The lowest BCUT2D eigenvalue weighted by Crippen LogP contribution is -2.37. The molecule has 1 aliphatic heterocycles. The van der Waals surface area contributed by atoms with Gasteiger partial charge in [-0.3, -0.25) is 0 Å². The molecule has 1 heterocycles. The molecule has 118 valence electrons. The maximum Gasteiger partial charge on any atom is 0.123 e. The van der Waals surface area contributed by atoms with E-state index in [-0.39, 0.29) is 11.9 Å². The van der Waals surface area contributed by atoms with Crippen molar-refractivity contribution in [2.45, 2.75) is 31.3 Å². The SMILES string of the molecule is CNC(CCN(C)CC1CCCN1C)c1cccc(F)c1. The van der Waals surface area contributed by atoms with Gasteiger partial charge in [-0.25, -0.2) is 4.39 Å². The summed E-state index contributed by atoms with van der Waals surface area (Å²) in [7, 11) is 6.35. The zero-order valence-electron chi connectivity index (χ0n) is 13.5. The fraction of sp³-hybridized carbons (Fsp3) is 0.647. The fourth-order valence-electron chi connectivity index (χ4n) is 3.21. The van der Waals surface area contributed by atoms with Gasteiger partial charge in [-0.15, -0.1) is 0 Å². The minimum Gasteiger partial charge on any atom is -0.313 e. The molecule has 21 heavy (non-hydrogen) atoms. The van der Waals surface area contributed by atoms with Crippen LogP contribution in [0.3, 0.4) is 0 Å². The first-order chi connectivity index (χ1) is 10.1. The summed E-state index contributed by atoms with van der Waals surface area (Å²) in [6, 6.07) is 7.81. The van der Waals surface area contributed by atoms with Crippen LogP contribution in [0.5, 0.6) is 0 Å². The molecule has 1 aliphatic rings. The van der Waals surface area contributed by atoms with Crippen LogP contribution in [0.4, 0.5) is 4.39 Å². The lowest BCUT2D eigenvalue weighted by atomic mass is 10.0. The summed E-state index contributed by atoms with van der Waals surface area (Å²) in [6.07, 6.45) is 3.62. The monoisotopic (exact) mass is 293 g/mol.